The Balaban J connectivity index is 2.52. The lowest BCUT2D eigenvalue weighted by Crippen LogP contribution is -2.29. The molecule has 5 heteroatoms. The zero-order valence-corrected chi connectivity index (χ0v) is 11.7. The normalized spacial score (nSPS) is 11.3. The maximum atomic E-state index is 13.1. The number of carbonyl (C=O) groups excluding carboxylic acids is 1. The van der Waals surface area contributed by atoms with Crippen LogP contribution in [0.25, 0.3) is 0 Å². The fourth-order valence-corrected chi connectivity index (χ4v) is 1.80. The Morgan fingerprint density at radius 1 is 1.26 bits per heavy atom. The van der Waals surface area contributed by atoms with Gasteiger partial charge in [-0.05, 0) is 58.9 Å². The average Bonchev–Trinajstić information content (AvgIpc) is 2.31. The Labute approximate surface area is 113 Å². The summed E-state index contributed by atoms with van der Waals surface area (Å²) in [5, 5.41) is 9.55. The van der Waals surface area contributed by atoms with Gasteiger partial charge in [0.2, 0.25) is 0 Å². The van der Waals surface area contributed by atoms with Gasteiger partial charge in [0, 0.05) is 0 Å². The van der Waals surface area contributed by atoms with Crippen LogP contribution in [0.4, 0.5) is 4.39 Å². The third kappa shape index (κ3) is 5.36. The van der Waals surface area contributed by atoms with Gasteiger partial charge in [0.05, 0.1) is 12.1 Å². The summed E-state index contributed by atoms with van der Waals surface area (Å²) in [5.41, 5.74) is 0.0412. The zero-order valence-electron chi connectivity index (χ0n) is 11.7. The molecular formula is C14H21FN2O2. The smallest absolute Gasteiger partial charge is 0.180 e. The molecular weight excluding hydrogens is 247 g/mol. The second-order valence-corrected chi connectivity index (χ2v) is 4.98. The van der Waals surface area contributed by atoms with Crippen molar-refractivity contribution in [2.45, 2.75) is 6.42 Å². The highest BCUT2D eigenvalue weighted by Gasteiger charge is 2.14. The van der Waals surface area contributed by atoms with Crippen LogP contribution in [0.5, 0.6) is 5.75 Å². The number of carbonyl (C=O) groups is 1. The molecule has 0 unspecified atom stereocenters. The number of ketones is 1. The molecule has 19 heavy (non-hydrogen) atoms. The van der Waals surface area contributed by atoms with Crippen molar-refractivity contribution >= 4 is 5.78 Å². The first-order valence-electron chi connectivity index (χ1n) is 6.25. The van der Waals surface area contributed by atoms with Crippen molar-refractivity contribution in [3.8, 4) is 5.75 Å². The van der Waals surface area contributed by atoms with E-state index in [0.717, 1.165) is 31.6 Å². The molecule has 0 fully saturated rings. The Hall–Kier alpha value is -1.46. The van der Waals surface area contributed by atoms with Gasteiger partial charge in [0.25, 0.3) is 0 Å². The maximum absolute atomic E-state index is 13.1. The number of phenols is 1. The van der Waals surface area contributed by atoms with E-state index in [2.05, 4.69) is 4.90 Å². The van der Waals surface area contributed by atoms with E-state index in [9.17, 15) is 14.3 Å². The van der Waals surface area contributed by atoms with E-state index in [1.54, 1.807) is 0 Å². The van der Waals surface area contributed by atoms with Crippen molar-refractivity contribution in [1.29, 1.82) is 0 Å². The number of benzene rings is 1. The number of hydrogen-bond acceptors (Lipinski definition) is 4. The number of aromatic hydroxyl groups is 1. The van der Waals surface area contributed by atoms with Crippen molar-refractivity contribution in [1.82, 2.24) is 9.80 Å². The van der Waals surface area contributed by atoms with E-state index in [1.807, 2.05) is 26.0 Å². The van der Waals surface area contributed by atoms with Crippen LogP contribution in [0.2, 0.25) is 0 Å². The highest BCUT2D eigenvalue weighted by atomic mass is 19.1. The summed E-state index contributed by atoms with van der Waals surface area (Å²) in [7, 11) is 5.83. The lowest BCUT2D eigenvalue weighted by atomic mass is 10.1. The Bertz CT molecular complexity index is 435. The van der Waals surface area contributed by atoms with Gasteiger partial charge in [-0.1, -0.05) is 0 Å². The summed E-state index contributed by atoms with van der Waals surface area (Å²) in [6, 6.07) is 3.41. The fraction of sp³-hybridized carbons (Fsp3) is 0.500. The minimum Gasteiger partial charge on any atom is -0.507 e. The molecule has 0 heterocycles. The molecule has 1 N–H and O–H groups in total. The second kappa shape index (κ2) is 7.21. The number of nitrogens with zero attached hydrogens (tertiary/aromatic N) is 2. The van der Waals surface area contributed by atoms with Crippen molar-refractivity contribution < 1.29 is 14.3 Å². The number of likely N-dealkylation sites (N-methyl/N-ethyl adjacent to an activating group) is 1. The summed E-state index contributed by atoms with van der Waals surface area (Å²) in [4.78, 5) is 15.9. The van der Waals surface area contributed by atoms with Crippen LogP contribution >= 0.6 is 0 Å². The predicted molar refractivity (Wildman–Crippen MR) is 73.1 cm³/mol. The summed E-state index contributed by atoms with van der Waals surface area (Å²) in [5.74, 6) is -0.964. The van der Waals surface area contributed by atoms with Crippen LogP contribution in [-0.4, -0.2) is 61.5 Å². The Kier molecular flexibility index (Phi) is 5.92. The van der Waals surface area contributed by atoms with Crippen LogP contribution in [-0.2, 0) is 0 Å². The van der Waals surface area contributed by atoms with E-state index in [1.165, 1.54) is 6.07 Å². The average molecular weight is 268 g/mol. The highest BCUT2D eigenvalue weighted by molar-refractivity contribution is 5.99. The van der Waals surface area contributed by atoms with E-state index in [0.29, 0.717) is 0 Å². The lowest BCUT2D eigenvalue weighted by Gasteiger charge is -2.17. The van der Waals surface area contributed by atoms with Crippen LogP contribution in [0.15, 0.2) is 18.2 Å². The Morgan fingerprint density at radius 2 is 1.95 bits per heavy atom. The van der Waals surface area contributed by atoms with Crippen LogP contribution in [0, 0.1) is 5.82 Å². The number of phenolic OH excluding ortho intramolecular Hbond substituents is 1. The molecule has 1 aromatic rings. The van der Waals surface area contributed by atoms with E-state index in [4.69, 9.17) is 0 Å². The van der Waals surface area contributed by atoms with Crippen molar-refractivity contribution in [2.24, 2.45) is 0 Å². The van der Waals surface area contributed by atoms with Gasteiger partial charge in [-0.3, -0.25) is 9.69 Å². The van der Waals surface area contributed by atoms with Gasteiger partial charge in [0.1, 0.15) is 11.6 Å². The molecule has 0 aliphatic carbocycles. The van der Waals surface area contributed by atoms with Crippen LogP contribution in [0.1, 0.15) is 16.8 Å². The van der Waals surface area contributed by atoms with Gasteiger partial charge in [-0.2, -0.15) is 0 Å². The van der Waals surface area contributed by atoms with E-state index in [-0.39, 0.29) is 23.6 Å². The molecule has 0 atom stereocenters. The third-order valence-electron chi connectivity index (χ3n) is 2.82. The first kappa shape index (κ1) is 15.6. The van der Waals surface area contributed by atoms with Gasteiger partial charge < -0.3 is 10.0 Å². The molecule has 0 saturated heterocycles. The Morgan fingerprint density at radius 3 is 2.58 bits per heavy atom. The van der Waals surface area contributed by atoms with E-state index < -0.39 is 5.82 Å². The number of rotatable bonds is 7. The minimum atomic E-state index is -0.517. The monoisotopic (exact) mass is 268 g/mol. The quantitative estimate of drug-likeness (QED) is 0.763. The standard InChI is InChI=1S/C14H21FN2O2/c1-16(2)7-4-8-17(3)10-14(19)12-9-11(15)5-6-13(12)18/h5-6,9,18H,4,7-8,10H2,1-3H3. The van der Waals surface area contributed by atoms with Gasteiger partial charge in [0.15, 0.2) is 5.78 Å². The van der Waals surface area contributed by atoms with Gasteiger partial charge >= 0.3 is 0 Å². The SMILES string of the molecule is CN(C)CCCN(C)CC(=O)c1cc(F)ccc1O. The first-order valence-corrected chi connectivity index (χ1v) is 6.25. The molecule has 106 valence electrons. The molecule has 0 radical (unpaired) electrons. The summed E-state index contributed by atoms with van der Waals surface area (Å²) in [6.07, 6.45) is 0.950. The maximum Gasteiger partial charge on any atom is 0.180 e. The van der Waals surface area contributed by atoms with Crippen molar-refractivity contribution in [2.75, 3.05) is 40.8 Å². The fourth-order valence-electron chi connectivity index (χ4n) is 1.80. The lowest BCUT2D eigenvalue weighted by molar-refractivity contribution is 0.0941. The van der Waals surface area contributed by atoms with Gasteiger partial charge in [-0.25, -0.2) is 4.39 Å². The molecule has 0 aliphatic heterocycles. The first-order chi connectivity index (χ1) is 8.90. The zero-order chi connectivity index (χ0) is 14.4. The van der Waals surface area contributed by atoms with E-state index >= 15 is 0 Å². The molecule has 0 spiro atoms. The molecule has 4 nitrogen and oxygen atoms in total. The molecule has 0 amide bonds. The van der Waals surface area contributed by atoms with Crippen molar-refractivity contribution in [3.63, 3.8) is 0 Å². The summed E-state index contributed by atoms with van der Waals surface area (Å²) < 4.78 is 13.1. The second-order valence-electron chi connectivity index (χ2n) is 4.98. The minimum absolute atomic E-state index is 0.0412. The third-order valence-corrected chi connectivity index (χ3v) is 2.82. The molecule has 0 aromatic heterocycles. The van der Waals surface area contributed by atoms with Crippen LogP contribution < -0.4 is 0 Å². The number of hydrogen-bond donors (Lipinski definition) is 1. The van der Waals surface area contributed by atoms with Crippen LogP contribution in [0.3, 0.4) is 0 Å². The highest BCUT2D eigenvalue weighted by Crippen LogP contribution is 2.18. The molecule has 0 aliphatic rings. The summed E-state index contributed by atoms with van der Waals surface area (Å²) in [6.45, 7) is 1.90. The number of Topliss-reactive ketones (excluding diaryl/α,β-unsaturated/α-hetero) is 1. The van der Waals surface area contributed by atoms with Crippen molar-refractivity contribution in [3.05, 3.63) is 29.6 Å². The predicted octanol–water partition coefficient (Wildman–Crippen LogP) is 1.60. The molecule has 1 rings (SSSR count). The number of halogens is 1. The van der Waals surface area contributed by atoms with Gasteiger partial charge in [-0.15, -0.1) is 0 Å². The molecule has 0 saturated carbocycles. The molecule has 0 bridgehead atoms. The molecule has 1 aromatic carbocycles. The largest absolute Gasteiger partial charge is 0.507 e. The summed E-state index contributed by atoms with van der Waals surface area (Å²) >= 11 is 0. The topological polar surface area (TPSA) is 43.8 Å².